The predicted octanol–water partition coefficient (Wildman–Crippen LogP) is 4.54. The second-order valence-electron chi connectivity index (χ2n) is 8.19. The summed E-state index contributed by atoms with van der Waals surface area (Å²) in [5.74, 6) is -1.17. The average Bonchev–Trinajstić information content (AvgIpc) is 3.42. The first-order valence-electron chi connectivity index (χ1n) is 10.6. The Labute approximate surface area is 199 Å². The van der Waals surface area contributed by atoms with Gasteiger partial charge in [0.1, 0.15) is 0 Å². The molecule has 34 heavy (non-hydrogen) atoms. The van der Waals surface area contributed by atoms with Crippen LogP contribution in [0.5, 0.6) is 0 Å². The first kappa shape index (κ1) is 24.0. The van der Waals surface area contributed by atoms with E-state index < -0.39 is 12.1 Å². The van der Waals surface area contributed by atoms with Gasteiger partial charge in [0, 0.05) is 62.2 Å². The van der Waals surface area contributed by atoms with Gasteiger partial charge in [0.2, 0.25) is 11.8 Å². The van der Waals surface area contributed by atoms with E-state index in [1.54, 1.807) is 0 Å². The van der Waals surface area contributed by atoms with Crippen LogP contribution in [0.15, 0.2) is 47.4 Å². The highest BCUT2D eigenvalue weighted by Gasteiger charge is 2.38. The zero-order valence-electron chi connectivity index (χ0n) is 18.3. The Kier molecular flexibility index (Phi) is 6.76. The number of likely N-dealkylation sites (tertiary alicyclic amines) is 1. The molecule has 0 aliphatic carbocycles. The molecule has 0 spiro atoms. The second kappa shape index (κ2) is 9.59. The minimum Gasteiger partial charge on any atom is -0.351 e. The van der Waals surface area contributed by atoms with Gasteiger partial charge >= 0.3 is 12.1 Å². The molecule has 0 saturated carbocycles. The molecule has 0 bridgehead atoms. The summed E-state index contributed by atoms with van der Waals surface area (Å²) < 4.78 is 44.3. The molecule has 0 amide bonds. The summed E-state index contributed by atoms with van der Waals surface area (Å²) in [6, 6.07) is 8.65. The summed E-state index contributed by atoms with van der Waals surface area (Å²) in [5.41, 5.74) is 2.82. The van der Waals surface area contributed by atoms with E-state index in [4.69, 9.17) is 0 Å². The number of rotatable bonds is 5. The number of aryl methyl sites for hydroxylation is 1. The van der Waals surface area contributed by atoms with Crippen molar-refractivity contribution in [3.8, 4) is 11.4 Å². The highest BCUT2D eigenvalue weighted by Crippen LogP contribution is 2.29. The normalized spacial score (nSPS) is 15.4. The van der Waals surface area contributed by atoms with E-state index in [1.807, 2.05) is 0 Å². The minimum absolute atomic E-state index is 0. The van der Waals surface area contributed by atoms with Gasteiger partial charge in [-0.3, -0.25) is 4.90 Å². The molecule has 1 aliphatic heterocycles. The molecule has 180 valence electrons. The van der Waals surface area contributed by atoms with Crippen molar-refractivity contribution in [1.82, 2.24) is 29.6 Å². The van der Waals surface area contributed by atoms with Gasteiger partial charge < -0.3 is 14.4 Å². The van der Waals surface area contributed by atoms with Crippen LogP contribution >= 0.6 is 12.4 Å². The van der Waals surface area contributed by atoms with Gasteiger partial charge in [0.15, 0.2) is 0 Å². The lowest BCUT2D eigenvalue weighted by Gasteiger charge is -2.32. The fourth-order valence-corrected chi connectivity index (χ4v) is 4.18. The number of hydrogen-bond donors (Lipinski definition) is 1. The second-order valence-corrected chi connectivity index (χ2v) is 8.19. The van der Waals surface area contributed by atoms with Crippen molar-refractivity contribution in [2.24, 2.45) is 7.05 Å². The number of hydrogen-bond acceptors (Lipinski definition) is 7. The number of nitrogens with one attached hydrogen (secondary N) is 1. The van der Waals surface area contributed by atoms with E-state index in [-0.39, 0.29) is 29.8 Å². The van der Waals surface area contributed by atoms with Crippen molar-refractivity contribution < 1.29 is 17.7 Å². The van der Waals surface area contributed by atoms with Crippen molar-refractivity contribution in [3.05, 3.63) is 54.3 Å². The van der Waals surface area contributed by atoms with Crippen LogP contribution in [0, 0.1) is 0 Å². The van der Waals surface area contributed by atoms with Crippen LogP contribution in [0.1, 0.15) is 24.3 Å². The number of benzene rings is 1. The van der Waals surface area contributed by atoms with Crippen molar-refractivity contribution >= 4 is 29.3 Å². The average molecular weight is 494 g/mol. The largest absolute Gasteiger partial charge is 0.471 e. The summed E-state index contributed by atoms with van der Waals surface area (Å²) in [6.07, 6.45) is 2.17. The fourth-order valence-electron chi connectivity index (χ4n) is 4.18. The molecule has 3 aromatic heterocycles. The Morgan fingerprint density at radius 1 is 1.12 bits per heavy atom. The third kappa shape index (κ3) is 5.00. The quantitative estimate of drug-likeness (QED) is 0.437. The number of halogens is 4. The Hall–Kier alpha value is -3.18. The number of aromatic nitrogens is 5. The Morgan fingerprint density at radius 2 is 1.82 bits per heavy atom. The van der Waals surface area contributed by atoms with Gasteiger partial charge in [0.25, 0.3) is 0 Å². The van der Waals surface area contributed by atoms with Crippen molar-refractivity contribution in [1.29, 1.82) is 0 Å². The van der Waals surface area contributed by atoms with Crippen LogP contribution < -0.4 is 5.32 Å². The number of anilines is 1. The molecule has 1 aliphatic rings. The van der Waals surface area contributed by atoms with E-state index in [2.05, 4.69) is 76.9 Å². The third-order valence-corrected chi connectivity index (χ3v) is 5.87. The van der Waals surface area contributed by atoms with Gasteiger partial charge in [-0.15, -0.1) is 12.4 Å². The highest BCUT2D eigenvalue weighted by molar-refractivity contribution is 5.85. The minimum atomic E-state index is -4.68. The highest BCUT2D eigenvalue weighted by atomic mass is 35.5. The van der Waals surface area contributed by atoms with Crippen molar-refractivity contribution in [3.63, 3.8) is 0 Å². The van der Waals surface area contributed by atoms with Gasteiger partial charge in [0.05, 0.1) is 5.56 Å². The number of para-hydroxylation sites is 1. The van der Waals surface area contributed by atoms with Gasteiger partial charge in [-0.05, 0) is 24.5 Å². The molecule has 4 aromatic rings. The number of piperidine rings is 1. The maximum atomic E-state index is 12.6. The van der Waals surface area contributed by atoms with Crippen LogP contribution in [-0.2, 0) is 19.8 Å². The molecule has 0 radical (unpaired) electrons. The van der Waals surface area contributed by atoms with E-state index in [1.165, 1.54) is 28.9 Å². The van der Waals surface area contributed by atoms with Crippen LogP contribution in [0.25, 0.3) is 22.3 Å². The zero-order valence-corrected chi connectivity index (χ0v) is 19.1. The number of nitrogens with zero attached hydrogens (tertiary/aromatic N) is 6. The maximum absolute atomic E-state index is 12.6. The first-order valence-corrected chi connectivity index (χ1v) is 10.6. The summed E-state index contributed by atoms with van der Waals surface area (Å²) in [7, 11) is 2.07. The Balaban J connectivity index is 0.00000274. The third-order valence-electron chi connectivity index (χ3n) is 5.87. The van der Waals surface area contributed by atoms with Crippen LogP contribution in [0.4, 0.5) is 19.1 Å². The van der Waals surface area contributed by atoms with E-state index in [9.17, 15) is 13.2 Å². The number of fused-ring (bicyclic) bond motifs is 1. The molecule has 8 nitrogen and oxygen atoms in total. The lowest BCUT2D eigenvalue weighted by atomic mass is 10.0. The first-order chi connectivity index (χ1) is 15.9. The van der Waals surface area contributed by atoms with Crippen molar-refractivity contribution in [2.75, 3.05) is 18.4 Å². The molecule has 4 heterocycles. The molecule has 1 saturated heterocycles. The van der Waals surface area contributed by atoms with E-state index in [0.717, 1.165) is 32.5 Å². The molecule has 0 atom stereocenters. The smallest absolute Gasteiger partial charge is 0.351 e. The van der Waals surface area contributed by atoms with Crippen LogP contribution in [-0.4, -0.2) is 48.7 Å². The summed E-state index contributed by atoms with van der Waals surface area (Å²) in [5, 5.41) is 7.95. The molecule has 1 fully saturated rings. The lowest BCUT2D eigenvalue weighted by Crippen LogP contribution is -2.38. The molecule has 0 unspecified atom stereocenters. The van der Waals surface area contributed by atoms with Gasteiger partial charge in [-0.25, -0.2) is 9.97 Å². The van der Waals surface area contributed by atoms with Gasteiger partial charge in [-0.2, -0.15) is 18.2 Å². The maximum Gasteiger partial charge on any atom is 0.471 e. The SMILES string of the molecule is Cl.Cn1cc(CN2CCC(Nc3ncc(-c4noc(C(F)(F)F)n4)cn3)CC2)c2ccccc21. The standard InChI is InChI=1S/C22H22F3N7O.ClH/c1-31-12-15(17-4-2-3-5-18(17)31)13-32-8-6-16(7-9-32)28-21-26-10-14(11-27-21)19-29-20(33-30-19)22(23,24)25;/h2-5,10-12,16H,6-9,13H2,1H3,(H,26,27,28);1H. The molecular weight excluding hydrogens is 471 g/mol. The lowest BCUT2D eigenvalue weighted by molar-refractivity contribution is -0.159. The fraction of sp³-hybridized carbons (Fsp3) is 0.364. The number of alkyl halides is 3. The van der Waals surface area contributed by atoms with Crippen LogP contribution in [0.3, 0.4) is 0 Å². The summed E-state index contributed by atoms with van der Waals surface area (Å²) in [4.78, 5) is 14.2. The molecule has 5 rings (SSSR count). The monoisotopic (exact) mass is 493 g/mol. The Morgan fingerprint density at radius 3 is 2.50 bits per heavy atom. The predicted molar refractivity (Wildman–Crippen MR) is 122 cm³/mol. The summed E-state index contributed by atoms with van der Waals surface area (Å²) in [6.45, 7) is 2.80. The van der Waals surface area contributed by atoms with E-state index in [0.29, 0.717) is 5.95 Å². The molecule has 12 heteroatoms. The molecular formula is C22H23ClF3N7O. The zero-order chi connectivity index (χ0) is 23.0. The van der Waals surface area contributed by atoms with Crippen molar-refractivity contribution in [2.45, 2.75) is 31.6 Å². The topological polar surface area (TPSA) is 84.9 Å². The van der Waals surface area contributed by atoms with E-state index >= 15 is 0 Å². The summed E-state index contributed by atoms with van der Waals surface area (Å²) >= 11 is 0. The Bertz CT molecular complexity index is 1250. The van der Waals surface area contributed by atoms with Gasteiger partial charge in [-0.1, -0.05) is 23.4 Å². The molecule has 1 N–H and O–H groups in total. The molecule has 1 aromatic carbocycles. The van der Waals surface area contributed by atoms with Crippen LogP contribution in [0.2, 0.25) is 0 Å².